The minimum atomic E-state index is -4.77. The van der Waals surface area contributed by atoms with Gasteiger partial charge in [-0.15, -0.1) is 0 Å². The molecule has 92 heavy (non-hydrogen) atoms. The molecule has 16 aromatic rings. The zero-order valence-electron chi connectivity index (χ0n) is 49.1. The Bertz CT molecular complexity index is 5300. The highest BCUT2D eigenvalue weighted by molar-refractivity contribution is 6.14. The summed E-state index contributed by atoms with van der Waals surface area (Å²) in [5.41, 5.74) is 17.3. The molecule has 10 heteroatoms. The number of pyridine rings is 4. The first-order chi connectivity index (χ1) is 45.2. The van der Waals surface area contributed by atoms with Gasteiger partial charge in [-0.1, -0.05) is 194 Å². The second-order valence-electron chi connectivity index (χ2n) is 22.8. The van der Waals surface area contributed by atoms with E-state index in [2.05, 4.69) is 108 Å². The number of hydrogen-bond donors (Lipinski definition) is 0. The molecule has 10 aromatic carbocycles. The highest BCUT2D eigenvalue weighted by Crippen LogP contribution is 2.47. The summed E-state index contributed by atoms with van der Waals surface area (Å²) in [5.74, 6) is 0. The monoisotopic (exact) mass is 1190 g/mol. The van der Waals surface area contributed by atoms with E-state index in [4.69, 9.17) is 19.9 Å². The quantitative estimate of drug-likeness (QED) is 0.129. The van der Waals surface area contributed by atoms with Gasteiger partial charge in [-0.3, -0.25) is 19.9 Å². The summed E-state index contributed by atoms with van der Waals surface area (Å²) < 4.78 is 51.7. The number of halogens is 3. The second kappa shape index (κ2) is 22.7. The van der Waals surface area contributed by atoms with Crippen molar-refractivity contribution in [1.29, 1.82) is 5.26 Å². The van der Waals surface area contributed by atoms with Crippen LogP contribution in [0.5, 0.6) is 0 Å². The first-order valence-corrected chi connectivity index (χ1v) is 30.2. The molecular formula is C82H50F3N7. The Morgan fingerprint density at radius 3 is 0.946 bits per heavy atom. The van der Waals surface area contributed by atoms with Crippen molar-refractivity contribution in [2.24, 2.45) is 0 Å². The lowest BCUT2D eigenvalue weighted by Crippen LogP contribution is -2.10. The molecule has 0 unspecified atom stereocenters. The molecule has 0 bridgehead atoms. The maximum absolute atomic E-state index is 15.8. The highest BCUT2D eigenvalue weighted by atomic mass is 19.4. The average molecular weight is 1190 g/mol. The summed E-state index contributed by atoms with van der Waals surface area (Å²) in [4.78, 5) is 19.1. The molecule has 0 radical (unpaired) electrons. The molecule has 0 aliphatic heterocycles. The fraction of sp³-hybridized carbons (Fsp3) is 0.0122. The van der Waals surface area contributed by atoms with E-state index in [9.17, 15) is 5.26 Å². The van der Waals surface area contributed by atoms with E-state index in [0.717, 1.165) is 128 Å². The minimum Gasteiger partial charge on any atom is -0.308 e. The Labute approximate surface area is 527 Å². The summed E-state index contributed by atoms with van der Waals surface area (Å²) >= 11 is 0. The number of nitriles is 1. The zero-order valence-corrected chi connectivity index (χ0v) is 49.1. The molecule has 0 saturated heterocycles. The molecular weight excluding hydrogens is 1140 g/mol. The van der Waals surface area contributed by atoms with Crippen LogP contribution >= 0.6 is 0 Å². The summed E-state index contributed by atoms with van der Waals surface area (Å²) in [6, 6.07) is 93.3. The summed E-state index contributed by atoms with van der Waals surface area (Å²) in [5, 5.41) is 15.9. The topological polar surface area (TPSA) is 85.2 Å². The van der Waals surface area contributed by atoms with Crippen LogP contribution in [-0.4, -0.2) is 29.1 Å². The summed E-state index contributed by atoms with van der Waals surface area (Å²) in [6.45, 7) is 0. The predicted octanol–water partition coefficient (Wildman–Crippen LogP) is 21.4. The maximum atomic E-state index is 15.8. The number of rotatable bonds is 11. The van der Waals surface area contributed by atoms with Gasteiger partial charge in [0, 0.05) is 74.1 Å². The normalized spacial score (nSPS) is 11.6. The van der Waals surface area contributed by atoms with Gasteiger partial charge in [0.25, 0.3) is 0 Å². The van der Waals surface area contributed by atoms with Gasteiger partial charge in [0.1, 0.15) is 11.6 Å². The van der Waals surface area contributed by atoms with Crippen LogP contribution in [0.15, 0.2) is 304 Å². The first kappa shape index (κ1) is 55.0. The SMILES string of the molecule is N#Cc1c(-n2c3cc(-c4ccnc(-c5ccccc5)c4)ccc3c3ccc(-c4ccnc(-c5ccccc5)c4)cc32)ccc(-c2ccccc2C(F)(F)F)c1-n1c2cc(-c3ccnc(-c4ccccc4)c3)ccc2c2ccc(-c3ccnc(-c4ccccc4)c3)cc21. The van der Waals surface area contributed by atoms with E-state index in [1.165, 1.54) is 12.1 Å². The molecule has 16 rings (SSSR count). The van der Waals surface area contributed by atoms with Gasteiger partial charge in [-0.2, -0.15) is 18.4 Å². The molecule has 0 aliphatic rings. The van der Waals surface area contributed by atoms with Crippen LogP contribution in [0.25, 0.3) is 156 Å². The van der Waals surface area contributed by atoms with Gasteiger partial charge in [0.15, 0.2) is 0 Å². The molecule has 0 spiro atoms. The van der Waals surface area contributed by atoms with Crippen LogP contribution < -0.4 is 0 Å². The smallest absolute Gasteiger partial charge is 0.308 e. The summed E-state index contributed by atoms with van der Waals surface area (Å²) in [6.07, 6.45) is 2.45. The van der Waals surface area contributed by atoms with Crippen molar-refractivity contribution in [2.45, 2.75) is 6.18 Å². The van der Waals surface area contributed by atoms with Crippen LogP contribution in [-0.2, 0) is 6.18 Å². The molecule has 0 fully saturated rings. The van der Waals surface area contributed by atoms with Gasteiger partial charge in [-0.05, 0) is 135 Å². The van der Waals surface area contributed by atoms with E-state index in [1.807, 2.05) is 169 Å². The van der Waals surface area contributed by atoms with Crippen molar-refractivity contribution in [3.63, 3.8) is 0 Å². The standard InChI is InChI=1S/C82H50F3N7/c83-82(84,85)71-24-14-13-23-64(71)69-33-34-76(91-77-47-56(60-35-39-87-72(43-60)52-15-5-1-6-16-52)25-29-65(77)66-30-26-57(48-78(66)91)61-36-40-88-73(44-61)53-17-7-2-8-18-53)70(51-86)81(69)92-79-49-58(62-37-41-89-74(45-62)54-19-9-3-10-20-54)27-31-67(79)68-32-28-59(50-80(68)92)63-38-42-90-75(46-63)55-21-11-4-12-22-55/h1-50H. The van der Waals surface area contributed by atoms with Crippen molar-refractivity contribution in [3.8, 4) is 118 Å². The zero-order chi connectivity index (χ0) is 61.9. The van der Waals surface area contributed by atoms with E-state index in [-0.39, 0.29) is 22.4 Å². The van der Waals surface area contributed by atoms with Gasteiger partial charge in [0.2, 0.25) is 0 Å². The molecule has 6 heterocycles. The lowest BCUT2D eigenvalue weighted by atomic mass is 9.94. The maximum Gasteiger partial charge on any atom is 0.417 e. The first-order valence-electron chi connectivity index (χ1n) is 30.2. The van der Waals surface area contributed by atoms with Crippen molar-refractivity contribution >= 4 is 43.6 Å². The molecule has 0 saturated carbocycles. The minimum absolute atomic E-state index is 0.0748. The van der Waals surface area contributed by atoms with E-state index in [0.29, 0.717) is 16.7 Å². The van der Waals surface area contributed by atoms with Crippen molar-refractivity contribution in [3.05, 3.63) is 315 Å². The fourth-order valence-corrected chi connectivity index (χ4v) is 13.1. The number of hydrogen-bond acceptors (Lipinski definition) is 5. The van der Waals surface area contributed by atoms with Crippen LogP contribution in [0.4, 0.5) is 13.2 Å². The van der Waals surface area contributed by atoms with Gasteiger partial charge >= 0.3 is 6.18 Å². The number of benzene rings is 10. The van der Waals surface area contributed by atoms with E-state index in [1.54, 1.807) is 24.5 Å². The lowest BCUT2D eigenvalue weighted by molar-refractivity contribution is -0.137. The van der Waals surface area contributed by atoms with Crippen molar-refractivity contribution in [1.82, 2.24) is 29.1 Å². The fourth-order valence-electron chi connectivity index (χ4n) is 13.1. The van der Waals surface area contributed by atoms with Gasteiger partial charge in [0.05, 0.1) is 61.8 Å². The Kier molecular flexibility index (Phi) is 13.6. The number of aromatic nitrogens is 6. The Morgan fingerprint density at radius 2 is 0.609 bits per heavy atom. The number of fused-ring (bicyclic) bond motifs is 6. The Morgan fingerprint density at radius 1 is 0.293 bits per heavy atom. The largest absolute Gasteiger partial charge is 0.417 e. The average Bonchev–Trinajstić information content (AvgIpc) is 1.53. The molecule has 0 amide bonds. The van der Waals surface area contributed by atoms with E-state index < -0.39 is 11.7 Å². The Hall–Kier alpha value is -12.3. The van der Waals surface area contributed by atoms with Crippen LogP contribution in [0.1, 0.15) is 11.1 Å². The van der Waals surface area contributed by atoms with Crippen LogP contribution in [0, 0.1) is 11.3 Å². The van der Waals surface area contributed by atoms with E-state index >= 15 is 13.2 Å². The molecule has 0 aliphatic carbocycles. The van der Waals surface area contributed by atoms with Gasteiger partial charge < -0.3 is 9.13 Å². The molecule has 6 aromatic heterocycles. The number of alkyl halides is 3. The van der Waals surface area contributed by atoms with Crippen LogP contribution in [0.3, 0.4) is 0 Å². The predicted molar refractivity (Wildman–Crippen MR) is 365 cm³/mol. The highest BCUT2D eigenvalue weighted by Gasteiger charge is 2.35. The number of nitrogens with zero attached hydrogens (tertiary/aromatic N) is 7. The third-order valence-corrected chi connectivity index (χ3v) is 17.4. The molecule has 7 nitrogen and oxygen atoms in total. The second-order valence-corrected chi connectivity index (χ2v) is 22.8. The molecule has 0 atom stereocenters. The van der Waals surface area contributed by atoms with Gasteiger partial charge in [-0.25, -0.2) is 0 Å². The molecule has 0 N–H and O–H groups in total. The third-order valence-electron chi connectivity index (χ3n) is 17.4. The van der Waals surface area contributed by atoms with Crippen molar-refractivity contribution < 1.29 is 13.2 Å². The Balaban J connectivity index is 1.01. The summed E-state index contributed by atoms with van der Waals surface area (Å²) in [7, 11) is 0. The lowest BCUT2D eigenvalue weighted by Gasteiger charge is -2.22. The third kappa shape index (κ3) is 9.82. The van der Waals surface area contributed by atoms with Crippen molar-refractivity contribution in [2.75, 3.05) is 0 Å². The molecule has 434 valence electrons. The van der Waals surface area contributed by atoms with Crippen LogP contribution in [0.2, 0.25) is 0 Å².